The number of aromatic nitrogens is 5. The molecule has 0 aliphatic heterocycles. The average Bonchev–Trinajstić information content (AvgIpc) is 3.81. The Morgan fingerprint density at radius 2 is 1.57 bits per heavy atom. The van der Waals surface area contributed by atoms with Gasteiger partial charge in [-0.1, -0.05) is 36.9 Å². The first kappa shape index (κ1) is 40.6. The number of nitrogens with two attached hydrogens (primary N) is 1. The van der Waals surface area contributed by atoms with Gasteiger partial charge in [-0.05, 0) is 31.0 Å². The molecule has 5 aromatic rings. The number of halogens is 3. The Hall–Kier alpha value is -4.86. The number of ether oxygens (including phenoxy) is 2. The molecule has 1 saturated carbocycles. The summed E-state index contributed by atoms with van der Waals surface area (Å²) < 4.78 is 21.3. The maximum absolute atomic E-state index is 12.4. The number of fused-ring (bicyclic) bond motifs is 2. The number of carbonyl (C=O) groups excluding carboxylic acids is 4. The summed E-state index contributed by atoms with van der Waals surface area (Å²) in [6.07, 6.45) is 9.11. The summed E-state index contributed by atoms with van der Waals surface area (Å²) in [7, 11) is 2.65. The van der Waals surface area contributed by atoms with E-state index >= 15 is 0 Å². The van der Waals surface area contributed by atoms with Crippen molar-refractivity contribution in [1.29, 1.82) is 0 Å². The van der Waals surface area contributed by atoms with Crippen LogP contribution in [0.15, 0.2) is 53.3 Å². The second-order valence-corrected chi connectivity index (χ2v) is 11.8. The summed E-state index contributed by atoms with van der Waals surface area (Å²) >= 11 is 5.99. The van der Waals surface area contributed by atoms with E-state index in [9.17, 15) is 19.2 Å². The van der Waals surface area contributed by atoms with Crippen molar-refractivity contribution in [2.45, 2.75) is 51.9 Å². The second-order valence-electron chi connectivity index (χ2n) is 11.4. The Labute approximate surface area is 310 Å². The van der Waals surface area contributed by atoms with E-state index in [1.807, 2.05) is 28.8 Å². The smallest absolute Gasteiger partial charge is 0.342 e. The normalized spacial score (nSPS) is 12.6. The average molecular weight is 766 g/mol. The van der Waals surface area contributed by atoms with Crippen LogP contribution in [0.3, 0.4) is 0 Å². The quantitative estimate of drug-likeness (QED) is 0.0895. The number of nitrogens with zero attached hydrogens (tertiary/aromatic N) is 5. The number of hydrogen-bond acceptors (Lipinski definition) is 11. The number of hydrogen-bond donors (Lipinski definition) is 3. The lowest BCUT2D eigenvalue weighted by Gasteiger charge is -2.20. The molecule has 274 valence electrons. The van der Waals surface area contributed by atoms with Crippen molar-refractivity contribution < 1.29 is 66.7 Å². The van der Waals surface area contributed by atoms with Crippen molar-refractivity contribution in [3.8, 4) is 11.5 Å². The van der Waals surface area contributed by atoms with Crippen molar-refractivity contribution in [2.75, 3.05) is 43.7 Å². The van der Waals surface area contributed by atoms with Crippen LogP contribution in [0.5, 0.6) is 0 Å². The summed E-state index contributed by atoms with van der Waals surface area (Å²) in [5.74, 6) is 1.15. The summed E-state index contributed by atoms with van der Waals surface area (Å²) in [5.41, 5.74) is 8.22. The van der Waals surface area contributed by atoms with Crippen molar-refractivity contribution in [2.24, 2.45) is 0 Å². The van der Waals surface area contributed by atoms with Crippen LogP contribution in [0.1, 0.15) is 67.2 Å². The topological polar surface area (TPSA) is 181 Å². The van der Waals surface area contributed by atoms with Gasteiger partial charge in [0.15, 0.2) is 34.7 Å². The standard InChI is InChI=1S/C18H24N3O3.C15H14ClN5O4.2ClH/c1-13(22)21-15-10-6-7-11-20(15)18(19-12-16(23)24-2)17(21)14-8-4-3-5-9-14;1-8(22)20-13(9-4-3-5-25-9)14(18-7-12(23)24-2)21-11(17)6-10(16)19-15(20)21;;/h6-7,10-11,14,19H,3-5,8-9,12H2,1-2H3;3-6,17-18H,7H2,1-2H3;2*1H/q+1;;;/p-1. The SMILES string of the molecule is COC(=O)CNc1c(-c2ccco2)n(C(C)=O)c2nc(Cl)cc(N)[n+]12.COC(=O)CNc1c(C2CCCCC2)n(C(C)=O)c2cccc[n+]12.[Cl-].[Cl-]. The number of esters is 2. The molecule has 6 rings (SSSR count). The summed E-state index contributed by atoms with van der Waals surface area (Å²) in [4.78, 5) is 51.9. The van der Waals surface area contributed by atoms with Gasteiger partial charge in [-0.3, -0.25) is 14.9 Å². The molecule has 15 nitrogen and oxygen atoms in total. The highest BCUT2D eigenvalue weighted by Gasteiger charge is 2.34. The molecule has 0 amide bonds. The van der Waals surface area contributed by atoms with Gasteiger partial charge in [0.1, 0.15) is 6.54 Å². The highest BCUT2D eigenvalue weighted by Crippen LogP contribution is 2.36. The molecule has 5 aromatic heterocycles. The Balaban J connectivity index is 0.000000265. The van der Waals surface area contributed by atoms with E-state index < -0.39 is 5.97 Å². The lowest BCUT2D eigenvalue weighted by molar-refractivity contribution is -0.495. The predicted molar refractivity (Wildman–Crippen MR) is 180 cm³/mol. The molecule has 0 spiro atoms. The zero-order valence-corrected chi connectivity index (χ0v) is 30.7. The van der Waals surface area contributed by atoms with Gasteiger partial charge < -0.3 is 49.8 Å². The number of nitrogens with one attached hydrogen (secondary N) is 2. The van der Waals surface area contributed by atoms with Crippen LogP contribution in [0.25, 0.3) is 22.9 Å². The molecule has 4 N–H and O–H groups in total. The molecule has 0 radical (unpaired) electrons. The molecule has 1 aliphatic rings. The molecular formula is C33H39Cl3N8O7. The molecular weight excluding hydrogens is 727 g/mol. The summed E-state index contributed by atoms with van der Waals surface area (Å²) in [5, 5.41) is 6.25. The minimum atomic E-state index is -0.491. The van der Waals surface area contributed by atoms with Crippen LogP contribution in [-0.2, 0) is 19.1 Å². The molecule has 0 atom stereocenters. The van der Waals surface area contributed by atoms with Crippen molar-refractivity contribution in [3.63, 3.8) is 0 Å². The van der Waals surface area contributed by atoms with E-state index in [4.69, 9.17) is 26.5 Å². The van der Waals surface area contributed by atoms with Gasteiger partial charge in [0.25, 0.3) is 17.6 Å². The van der Waals surface area contributed by atoms with Crippen molar-refractivity contribution in [1.82, 2.24) is 14.1 Å². The van der Waals surface area contributed by atoms with Gasteiger partial charge >= 0.3 is 17.7 Å². The Morgan fingerprint density at radius 3 is 2.14 bits per heavy atom. The minimum absolute atomic E-state index is 0. The molecule has 51 heavy (non-hydrogen) atoms. The van der Waals surface area contributed by atoms with Crippen LogP contribution < -0.4 is 50.0 Å². The second kappa shape index (κ2) is 17.9. The van der Waals surface area contributed by atoms with Crippen molar-refractivity contribution in [3.05, 3.63) is 59.7 Å². The first-order valence-electron chi connectivity index (χ1n) is 15.7. The monoisotopic (exact) mass is 764 g/mol. The number of methoxy groups -OCH3 is 2. The number of anilines is 3. The summed E-state index contributed by atoms with van der Waals surface area (Å²) in [6.45, 7) is 2.89. The van der Waals surface area contributed by atoms with Gasteiger partial charge in [-0.15, -0.1) is 4.98 Å². The number of rotatable bonds is 8. The third-order valence-corrected chi connectivity index (χ3v) is 8.42. The van der Waals surface area contributed by atoms with Gasteiger partial charge in [0, 0.05) is 31.9 Å². The number of pyridine rings is 1. The highest BCUT2D eigenvalue weighted by molar-refractivity contribution is 6.29. The number of nitrogen functional groups attached to an aromatic ring is 1. The third kappa shape index (κ3) is 8.55. The molecule has 0 aromatic carbocycles. The number of furan rings is 1. The Morgan fingerprint density at radius 1 is 0.941 bits per heavy atom. The van der Waals surface area contributed by atoms with Gasteiger partial charge in [0.05, 0.1) is 26.7 Å². The zero-order valence-electron chi connectivity index (χ0n) is 28.5. The van der Waals surface area contributed by atoms with Crippen LogP contribution in [0, 0.1) is 0 Å². The largest absolute Gasteiger partial charge is 1.00 e. The summed E-state index contributed by atoms with van der Waals surface area (Å²) in [6, 6.07) is 10.6. The Bertz CT molecular complexity index is 2020. The van der Waals surface area contributed by atoms with Crippen LogP contribution >= 0.6 is 11.6 Å². The first-order chi connectivity index (χ1) is 23.6. The van der Waals surface area contributed by atoms with Crippen molar-refractivity contribution >= 4 is 64.2 Å². The molecule has 1 fully saturated rings. The molecule has 1 aliphatic carbocycles. The fourth-order valence-corrected chi connectivity index (χ4v) is 6.33. The minimum Gasteiger partial charge on any atom is -1.00 e. The van der Waals surface area contributed by atoms with Crippen LogP contribution in [-0.4, -0.2) is 65.2 Å². The predicted octanol–water partition coefficient (Wildman–Crippen LogP) is -2.11. The molecule has 0 saturated heterocycles. The third-order valence-electron chi connectivity index (χ3n) is 8.23. The van der Waals surface area contributed by atoms with Crippen LogP contribution in [0.4, 0.5) is 17.5 Å². The van der Waals surface area contributed by atoms with E-state index in [1.165, 1.54) is 61.7 Å². The lowest BCUT2D eigenvalue weighted by Crippen LogP contribution is -3.00. The molecule has 5 heterocycles. The van der Waals surface area contributed by atoms with Gasteiger partial charge in [0.2, 0.25) is 11.5 Å². The zero-order chi connectivity index (χ0) is 35.2. The molecule has 0 bridgehead atoms. The van der Waals surface area contributed by atoms with Crippen LogP contribution in [0.2, 0.25) is 5.15 Å². The highest BCUT2D eigenvalue weighted by atomic mass is 35.5. The fraction of sp³-hybridized carbons (Fsp3) is 0.364. The number of imidazole rings is 2. The van der Waals surface area contributed by atoms with E-state index in [-0.39, 0.29) is 72.4 Å². The van der Waals surface area contributed by atoms with E-state index in [2.05, 4.69) is 20.4 Å². The maximum atomic E-state index is 12.4. The molecule has 18 heteroatoms. The fourth-order valence-electron chi connectivity index (χ4n) is 6.14. The van der Waals surface area contributed by atoms with E-state index in [0.29, 0.717) is 23.2 Å². The van der Waals surface area contributed by atoms with Gasteiger partial charge in [-0.2, -0.15) is 13.5 Å². The molecule has 0 unspecified atom stereocenters. The maximum Gasteiger partial charge on any atom is 0.342 e. The van der Waals surface area contributed by atoms with E-state index in [0.717, 1.165) is 30.0 Å². The lowest BCUT2D eigenvalue weighted by atomic mass is 9.86. The Kier molecular flexibility index (Phi) is 14.2. The van der Waals surface area contributed by atoms with Gasteiger partial charge in [-0.25, -0.2) is 14.0 Å². The van der Waals surface area contributed by atoms with E-state index in [1.54, 1.807) is 23.6 Å². The number of carbonyl (C=O) groups is 4. The first-order valence-corrected chi connectivity index (χ1v) is 16.1.